The largest absolute Gasteiger partial charge is 0.444 e. The second kappa shape index (κ2) is 11.7. The number of benzene rings is 3. The summed E-state index contributed by atoms with van der Waals surface area (Å²) in [6.45, 7) is 1.65. The first kappa shape index (κ1) is 24.5. The molecule has 1 spiro atoms. The van der Waals surface area contributed by atoms with E-state index < -0.39 is 24.0 Å². The molecular formula is C29H31NO6. The Kier molecular flexibility index (Phi) is 7.93. The molecule has 0 aliphatic carbocycles. The Labute approximate surface area is 211 Å². The van der Waals surface area contributed by atoms with Gasteiger partial charge < -0.3 is 23.7 Å². The summed E-state index contributed by atoms with van der Waals surface area (Å²) in [5, 5.41) is 2.86. The van der Waals surface area contributed by atoms with Gasteiger partial charge in [0.05, 0.1) is 32.5 Å². The first-order chi connectivity index (χ1) is 17.7. The molecule has 2 saturated heterocycles. The molecule has 1 amide bonds. The molecule has 7 nitrogen and oxygen atoms in total. The van der Waals surface area contributed by atoms with Crippen LogP contribution in [0.25, 0.3) is 0 Å². The summed E-state index contributed by atoms with van der Waals surface area (Å²) in [7, 11) is 0. The average molecular weight is 490 g/mol. The normalized spacial score (nSPS) is 25.4. The summed E-state index contributed by atoms with van der Waals surface area (Å²) in [5.74, 6) is 0. The van der Waals surface area contributed by atoms with Gasteiger partial charge in [-0.3, -0.25) is 5.32 Å². The smallest absolute Gasteiger partial charge is 0.409 e. The van der Waals surface area contributed by atoms with E-state index >= 15 is 0 Å². The number of cyclic esters (lactones) is 1. The van der Waals surface area contributed by atoms with Crippen LogP contribution in [0.4, 0.5) is 4.79 Å². The molecule has 188 valence electrons. The minimum atomic E-state index is -0.980. The number of ether oxygens (including phenoxy) is 5. The quantitative estimate of drug-likeness (QED) is 0.449. The van der Waals surface area contributed by atoms with Crippen LogP contribution in [0, 0.1) is 0 Å². The van der Waals surface area contributed by atoms with Crippen molar-refractivity contribution in [3.63, 3.8) is 0 Å². The van der Waals surface area contributed by atoms with Gasteiger partial charge in [0.15, 0.2) is 5.72 Å². The summed E-state index contributed by atoms with van der Waals surface area (Å²) >= 11 is 0. The fourth-order valence-corrected chi connectivity index (χ4v) is 4.61. The maximum atomic E-state index is 12.0. The summed E-state index contributed by atoms with van der Waals surface area (Å²) in [6, 6.07) is 30.0. The van der Waals surface area contributed by atoms with E-state index in [4.69, 9.17) is 23.7 Å². The fraction of sp³-hybridized carbons (Fsp3) is 0.345. The zero-order valence-electron chi connectivity index (χ0n) is 20.1. The lowest BCUT2D eigenvalue weighted by Crippen LogP contribution is -2.62. The Balaban J connectivity index is 1.34. The van der Waals surface area contributed by atoms with Crippen molar-refractivity contribution in [1.29, 1.82) is 0 Å². The van der Waals surface area contributed by atoms with Crippen LogP contribution in [0.5, 0.6) is 0 Å². The molecule has 1 N–H and O–H groups in total. The topological polar surface area (TPSA) is 75.3 Å². The number of alkyl carbamates (subject to hydrolysis) is 1. The Morgan fingerprint density at radius 2 is 1.33 bits per heavy atom. The lowest BCUT2D eigenvalue weighted by molar-refractivity contribution is -0.257. The van der Waals surface area contributed by atoms with Crippen LogP contribution in [0.15, 0.2) is 91.0 Å². The van der Waals surface area contributed by atoms with Gasteiger partial charge in [-0.05, 0) is 16.7 Å². The van der Waals surface area contributed by atoms with Crippen molar-refractivity contribution in [2.45, 2.75) is 50.3 Å². The molecule has 1 unspecified atom stereocenters. The maximum Gasteiger partial charge on any atom is 0.409 e. The van der Waals surface area contributed by atoms with Crippen molar-refractivity contribution in [3.8, 4) is 0 Å². The number of amides is 1. The Morgan fingerprint density at radius 3 is 1.89 bits per heavy atom. The van der Waals surface area contributed by atoms with Gasteiger partial charge in [0, 0.05) is 6.42 Å². The standard InChI is InChI=1S/C29H31NO6/c31-28-30-29(21-35-28)16-25(33-18-23-12-6-2-7-13-23)27(34-19-24-14-8-3-9-15-24)26(36-29)20-32-17-22-10-4-1-5-11-22/h1-15,25-27H,16-21H2,(H,30,31)/t25-,26?,27+,29-/m1/s1. The van der Waals surface area contributed by atoms with Crippen molar-refractivity contribution >= 4 is 6.09 Å². The van der Waals surface area contributed by atoms with E-state index in [1.807, 2.05) is 91.0 Å². The third kappa shape index (κ3) is 6.30. The highest BCUT2D eigenvalue weighted by Gasteiger charge is 2.53. The molecule has 5 rings (SSSR count). The number of carbonyl (C=O) groups is 1. The van der Waals surface area contributed by atoms with E-state index in [9.17, 15) is 4.79 Å². The first-order valence-corrected chi connectivity index (χ1v) is 12.2. The predicted molar refractivity (Wildman–Crippen MR) is 133 cm³/mol. The summed E-state index contributed by atoms with van der Waals surface area (Å²) < 4.78 is 30.6. The molecule has 0 radical (unpaired) electrons. The van der Waals surface area contributed by atoms with E-state index in [0.29, 0.717) is 26.2 Å². The molecule has 3 aromatic rings. The van der Waals surface area contributed by atoms with Crippen LogP contribution in [-0.2, 0) is 43.5 Å². The highest BCUT2D eigenvalue weighted by Crippen LogP contribution is 2.35. The second-order valence-corrected chi connectivity index (χ2v) is 9.15. The van der Waals surface area contributed by atoms with Crippen LogP contribution in [0.1, 0.15) is 23.1 Å². The second-order valence-electron chi connectivity index (χ2n) is 9.15. The monoisotopic (exact) mass is 489 g/mol. The van der Waals surface area contributed by atoms with Crippen LogP contribution in [-0.4, -0.2) is 43.3 Å². The minimum absolute atomic E-state index is 0.109. The van der Waals surface area contributed by atoms with Gasteiger partial charge >= 0.3 is 6.09 Å². The number of carbonyl (C=O) groups excluding carboxylic acids is 1. The zero-order valence-corrected chi connectivity index (χ0v) is 20.1. The number of hydrogen-bond acceptors (Lipinski definition) is 6. The Hall–Kier alpha value is -3.23. The molecule has 2 fully saturated rings. The van der Waals surface area contributed by atoms with Crippen molar-refractivity contribution in [2.75, 3.05) is 13.2 Å². The van der Waals surface area contributed by atoms with Crippen molar-refractivity contribution in [2.24, 2.45) is 0 Å². The lowest BCUT2D eigenvalue weighted by atomic mass is 9.93. The Morgan fingerprint density at radius 1 is 0.778 bits per heavy atom. The number of hydrogen-bond donors (Lipinski definition) is 1. The SMILES string of the molecule is O=C1N[C@]2(CO1)C[C@@H](OCc1ccccc1)[C@H](OCc1ccccc1)C(COCc1ccccc1)O2. The first-order valence-electron chi connectivity index (χ1n) is 12.2. The molecule has 0 bridgehead atoms. The van der Waals surface area contributed by atoms with E-state index in [2.05, 4.69) is 5.32 Å². The molecule has 2 heterocycles. The van der Waals surface area contributed by atoms with E-state index in [1.165, 1.54) is 0 Å². The molecule has 0 aromatic heterocycles. The lowest BCUT2D eigenvalue weighted by Gasteiger charge is -2.45. The molecule has 3 aromatic carbocycles. The highest BCUT2D eigenvalue weighted by atomic mass is 16.6. The molecule has 0 saturated carbocycles. The van der Waals surface area contributed by atoms with Crippen molar-refractivity contribution in [1.82, 2.24) is 5.32 Å². The number of nitrogens with one attached hydrogen (secondary N) is 1. The van der Waals surface area contributed by atoms with Crippen LogP contribution >= 0.6 is 0 Å². The molecule has 2 aliphatic rings. The fourth-order valence-electron chi connectivity index (χ4n) is 4.61. The molecule has 36 heavy (non-hydrogen) atoms. The van der Waals surface area contributed by atoms with Gasteiger partial charge in [0.1, 0.15) is 18.8 Å². The maximum absolute atomic E-state index is 12.0. The van der Waals surface area contributed by atoms with Crippen molar-refractivity contribution < 1.29 is 28.5 Å². The summed E-state index contributed by atoms with van der Waals surface area (Å²) in [4.78, 5) is 12.0. The van der Waals surface area contributed by atoms with Gasteiger partial charge in [-0.25, -0.2) is 4.79 Å². The summed E-state index contributed by atoms with van der Waals surface area (Å²) in [6.07, 6.45) is -1.33. The zero-order chi connectivity index (χ0) is 24.6. The van der Waals surface area contributed by atoms with Gasteiger partial charge in [-0.2, -0.15) is 0 Å². The van der Waals surface area contributed by atoms with E-state index in [1.54, 1.807) is 0 Å². The van der Waals surface area contributed by atoms with Gasteiger partial charge in [0.2, 0.25) is 0 Å². The van der Waals surface area contributed by atoms with Gasteiger partial charge in [-0.1, -0.05) is 91.0 Å². The van der Waals surface area contributed by atoms with Crippen LogP contribution < -0.4 is 5.32 Å². The molecule has 2 aliphatic heterocycles. The predicted octanol–water partition coefficient (Wildman–Crippen LogP) is 4.60. The van der Waals surface area contributed by atoms with Crippen LogP contribution in [0.3, 0.4) is 0 Å². The van der Waals surface area contributed by atoms with Crippen molar-refractivity contribution in [3.05, 3.63) is 108 Å². The van der Waals surface area contributed by atoms with Crippen LogP contribution in [0.2, 0.25) is 0 Å². The summed E-state index contributed by atoms with van der Waals surface area (Å²) in [5.41, 5.74) is 2.20. The highest BCUT2D eigenvalue weighted by molar-refractivity contribution is 5.70. The van der Waals surface area contributed by atoms with E-state index in [-0.39, 0.29) is 19.3 Å². The third-order valence-electron chi connectivity index (χ3n) is 6.39. The van der Waals surface area contributed by atoms with Gasteiger partial charge in [0.25, 0.3) is 0 Å². The van der Waals surface area contributed by atoms with Gasteiger partial charge in [-0.15, -0.1) is 0 Å². The number of rotatable bonds is 10. The Bertz CT molecular complexity index is 1100. The molecule has 4 atom stereocenters. The molecular weight excluding hydrogens is 458 g/mol. The minimum Gasteiger partial charge on any atom is -0.444 e. The molecule has 7 heteroatoms. The van der Waals surface area contributed by atoms with E-state index in [0.717, 1.165) is 16.7 Å². The third-order valence-corrected chi connectivity index (χ3v) is 6.39. The average Bonchev–Trinajstić information content (AvgIpc) is 3.27.